The molecule has 0 saturated carbocycles. The molecule has 0 spiro atoms. The molecule has 0 radical (unpaired) electrons. The number of nitrogens with zero attached hydrogens (tertiary/aromatic N) is 2. The lowest BCUT2D eigenvalue weighted by Gasteiger charge is -2.27. The van der Waals surface area contributed by atoms with Crippen LogP contribution in [0.3, 0.4) is 0 Å². The number of hydrogen-bond donors (Lipinski definition) is 1. The highest BCUT2D eigenvalue weighted by molar-refractivity contribution is 7.80. The zero-order valence-electron chi connectivity index (χ0n) is 14.4. The van der Waals surface area contributed by atoms with Gasteiger partial charge < -0.3 is 4.74 Å². The van der Waals surface area contributed by atoms with Crippen molar-refractivity contribution >= 4 is 35.8 Å². The summed E-state index contributed by atoms with van der Waals surface area (Å²) < 4.78 is 20.7. The minimum atomic E-state index is -0.455. The topological polar surface area (TPSA) is 27.1 Å². The van der Waals surface area contributed by atoms with Gasteiger partial charge in [0.15, 0.2) is 16.7 Å². The first-order valence-electron chi connectivity index (χ1n) is 7.82. The number of rotatable bonds is 4. The molecule has 0 aliphatic carbocycles. The number of ether oxygens (including phenoxy) is 1. The van der Waals surface area contributed by atoms with Gasteiger partial charge in [0.25, 0.3) is 0 Å². The van der Waals surface area contributed by atoms with Gasteiger partial charge in [-0.2, -0.15) is 0 Å². The van der Waals surface area contributed by atoms with Crippen LogP contribution in [0.15, 0.2) is 47.8 Å². The van der Waals surface area contributed by atoms with Crippen LogP contribution in [0.1, 0.15) is 25.1 Å². The van der Waals surface area contributed by atoms with E-state index in [1.54, 1.807) is 24.4 Å². The monoisotopic (exact) mass is 410 g/mol. The van der Waals surface area contributed by atoms with Crippen molar-refractivity contribution < 1.29 is 9.13 Å². The van der Waals surface area contributed by atoms with Crippen LogP contribution < -0.4 is 4.74 Å². The molecule has 3 aromatic rings. The maximum atomic E-state index is 13.8. The second-order valence-electron chi connectivity index (χ2n) is 6.35. The van der Waals surface area contributed by atoms with Gasteiger partial charge in [-0.05, 0) is 29.8 Å². The fraction of sp³-hybridized carbons (Fsp3) is 0.211. The number of halogens is 3. The number of hydrogen-bond acceptors (Lipinski definition) is 3. The Morgan fingerprint density at radius 1 is 1.12 bits per heavy atom. The third-order valence-electron chi connectivity index (χ3n) is 4.42. The average Bonchev–Trinajstić information content (AvgIpc) is 3.00. The molecule has 3 nitrogen and oxygen atoms in total. The Hall–Kier alpha value is -1.69. The average molecular weight is 411 g/mol. The van der Waals surface area contributed by atoms with Crippen molar-refractivity contribution in [3.05, 3.63) is 69.7 Å². The third kappa shape index (κ3) is 3.31. The van der Waals surface area contributed by atoms with Gasteiger partial charge in [0, 0.05) is 11.5 Å². The lowest BCUT2D eigenvalue weighted by Crippen LogP contribution is -2.23. The van der Waals surface area contributed by atoms with Gasteiger partial charge in [-0.3, -0.25) is 4.57 Å². The molecule has 0 amide bonds. The summed E-state index contributed by atoms with van der Waals surface area (Å²) in [5, 5.41) is 1.47. The van der Waals surface area contributed by atoms with Gasteiger partial charge in [0.2, 0.25) is 0 Å². The molecule has 0 N–H and O–H groups in total. The zero-order chi connectivity index (χ0) is 19.1. The maximum Gasteiger partial charge on any atom is 0.169 e. The van der Waals surface area contributed by atoms with E-state index in [1.165, 1.54) is 13.2 Å². The van der Waals surface area contributed by atoms with E-state index < -0.39 is 11.2 Å². The Morgan fingerprint density at radius 3 is 2.50 bits per heavy atom. The lowest BCUT2D eigenvalue weighted by atomic mass is 9.81. The molecule has 0 unspecified atom stereocenters. The van der Waals surface area contributed by atoms with E-state index in [0.29, 0.717) is 20.9 Å². The van der Waals surface area contributed by atoms with E-state index in [2.05, 4.69) is 17.6 Å². The van der Waals surface area contributed by atoms with Gasteiger partial charge in [-0.25, -0.2) is 9.37 Å². The predicted molar refractivity (Wildman–Crippen MR) is 106 cm³/mol. The van der Waals surface area contributed by atoms with Crippen LogP contribution in [-0.4, -0.2) is 16.7 Å². The number of thiol groups is 1. The lowest BCUT2D eigenvalue weighted by molar-refractivity contribution is 0.386. The Balaban J connectivity index is 2.17. The molecular formula is C19H17Cl2FN2OS. The minimum Gasteiger partial charge on any atom is -0.494 e. The Bertz CT molecular complexity index is 972. The molecule has 0 aliphatic rings. The molecule has 1 heterocycles. The number of imidazole rings is 1. The summed E-state index contributed by atoms with van der Waals surface area (Å²) in [6, 6.07) is 10.2. The van der Waals surface area contributed by atoms with Crippen molar-refractivity contribution in [1.29, 1.82) is 0 Å². The molecule has 7 heteroatoms. The van der Waals surface area contributed by atoms with Gasteiger partial charge in [0.1, 0.15) is 0 Å². The van der Waals surface area contributed by atoms with Crippen LogP contribution in [0.25, 0.3) is 5.69 Å². The molecule has 3 rings (SSSR count). The van der Waals surface area contributed by atoms with E-state index in [1.807, 2.05) is 30.5 Å². The SMILES string of the molecule is COc1cc(-n2c(C(C)(C)c3ccc(Cl)c(Cl)c3)cnc2S)ccc1F. The van der Waals surface area contributed by atoms with Gasteiger partial charge >= 0.3 is 0 Å². The zero-order valence-corrected chi connectivity index (χ0v) is 16.8. The molecular weight excluding hydrogens is 394 g/mol. The normalized spacial score (nSPS) is 11.7. The highest BCUT2D eigenvalue weighted by Gasteiger charge is 2.29. The van der Waals surface area contributed by atoms with Crippen molar-refractivity contribution in [1.82, 2.24) is 9.55 Å². The quantitative estimate of drug-likeness (QED) is 0.538. The van der Waals surface area contributed by atoms with Crippen molar-refractivity contribution in [3.8, 4) is 11.4 Å². The van der Waals surface area contributed by atoms with Crippen LogP contribution in [-0.2, 0) is 5.41 Å². The number of benzene rings is 2. The first kappa shape index (κ1) is 19.1. The largest absolute Gasteiger partial charge is 0.494 e. The molecule has 0 bridgehead atoms. The second kappa shape index (κ2) is 7.14. The van der Waals surface area contributed by atoms with E-state index in [0.717, 1.165) is 11.3 Å². The van der Waals surface area contributed by atoms with Crippen LogP contribution >= 0.6 is 35.8 Å². The molecule has 2 aromatic carbocycles. The van der Waals surface area contributed by atoms with Gasteiger partial charge in [-0.1, -0.05) is 43.1 Å². The van der Waals surface area contributed by atoms with E-state index >= 15 is 0 Å². The first-order chi connectivity index (χ1) is 12.3. The molecule has 0 atom stereocenters. The number of aromatic nitrogens is 2. The summed E-state index contributed by atoms with van der Waals surface area (Å²) in [7, 11) is 1.43. The summed E-state index contributed by atoms with van der Waals surface area (Å²) in [5.74, 6) is -0.274. The summed E-state index contributed by atoms with van der Waals surface area (Å²) in [5.41, 5.74) is 2.09. The molecule has 26 heavy (non-hydrogen) atoms. The van der Waals surface area contributed by atoms with Crippen molar-refractivity contribution in [2.24, 2.45) is 0 Å². The van der Waals surface area contributed by atoms with Crippen LogP contribution in [0.4, 0.5) is 4.39 Å². The van der Waals surface area contributed by atoms with Crippen LogP contribution in [0.2, 0.25) is 10.0 Å². The van der Waals surface area contributed by atoms with E-state index in [4.69, 9.17) is 27.9 Å². The first-order valence-corrected chi connectivity index (χ1v) is 9.02. The second-order valence-corrected chi connectivity index (χ2v) is 7.57. The highest BCUT2D eigenvalue weighted by Crippen LogP contribution is 2.37. The minimum absolute atomic E-state index is 0.155. The summed E-state index contributed by atoms with van der Waals surface area (Å²) in [6.07, 6.45) is 1.75. The molecule has 1 aromatic heterocycles. The Labute approximate surface area is 167 Å². The third-order valence-corrected chi connectivity index (χ3v) is 5.47. The van der Waals surface area contributed by atoms with Crippen molar-refractivity contribution in [2.45, 2.75) is 24.4 Å². The van der Waals surface area contributed by atoms with E-state index in [9.17, 15) is 4.39 Å². The Kier molecular flexibility index (Phi) is 5.24. The van der Waals surface area contributed by atoms with Gasteiger partial charge in [-0.15, -0.1) is 12.6 Å². The van der Waals surface area contributed by atoms with Crippen molar-refractivity contribution in [3.63, 3.8) is 0 Å². The molecule has 0 saturated heterocycles. The van der Waals surface area contributed by atoms with Gasteiger partial charge in [0.05, 0.1) is 34.7 Å². The smallest absolute Gasteiger partial charge is 0.169 e. The fourth-order valence-electron chi connectivity index (χ4n) is 2.86. The predicted octanol–water partition coefficient (Wildman–Crippen LogP) is 5.94. The highest BCUT2D eigenvalue weighted by atomic mass is 35.5. The van der Waals surface area contributed by atoms with Crippen LogP contribution in [0.5, 0.6) is 5.75 Å². The van der Waals surface area contributed by atoms with Crippen molar-refractivity contribution in [2.75, 3.05) is 7.11 Å². The maximum absolute atomic E-state index is 13.8. The molecule has 136 valence electrons. The summed E-state index contributed by atoms with van der Waals surface area (Å²) in [6.45, 7) is 4.10. The van der Waals surface area contributed by atoms with Crippen LogP contribution in [0, 0.1) is 5.82 Å². The number of methoxy groups -OCH3 is 1. The summed E-state index contributed by atoms with van der Waals surface area (Å²) in [4.78, 5) is 4.34. The molecule has 0 aliphatic heterocycles. The summed E-state index contributed by atoms with van der Waals surface area (Å²) >= 11 is 16.7. The van der Waals surface area contributed by atoms with E-state index in [-0.39, 0.29) is 5.75 Å². The Morgan fingerprint density at radius 2 is 1.85 bits per heavy atom. The molecule has 0 fully saturated rings. The fourth-order valence-corrected chi connectivity index (χ4v) is 3.44. The standard InChI is InChI=1S/C19H17Cl2FN2OS/c1-19(2,11-4-6-13(20)14(21)8-11)17-10-23-18(26)24(17)12-5-7-15(22)16(9-12)25-3/h4-10H,1-3H3,(H,23,26).